The first-order chi connectivity index (χ1) is 18.9. The van der Waals surface area contributed by atoms with Crippen LogP contribution in [-0.4, -0.2) is 4.57 Å². The lowest BCUT2D eigenvalue weighted by Gasteiger charge is -2.25. The summed E-state index contributed by atoms with van der Waals surface area (Å²) in [6.45, 7) is 0. The molecule has 0 aliphatic heterocycles. The number of aromatic nitrogens is 1. The van der Waals surface area contributed by atoms with Crippen molar-refractivity contribution in [2.75, 3.05) is 4.90 Å². The van der Waals surface area contributed by atoms with E-state index in [0.29, 0.717) is 0 Å². The molecular weight excluding hydrogens is 460 g/mol. The summed E-state index contributed by atoms with van der Waals surface area (Å²) in [6, 6.07) is 49.8. The van der Waals surface area contributed by atoms with Gasteiger partial charge in [-0.1, -0.05) is 91.0 Å². The highest BCUT2D eigenvalue weighted by atomic mass is 15.1. The van der Waals surface area contributed by atoms with Crippen LogP contribution < -0.4 is 4.90 Å². The SMILES string of the molecule is C1=C(c2ccccc2)CCc2c1n(-c1ccccc1)c1cc(N(c3ccccc3)c3ccccc3)ccc21. The molecule has 182 valence electrons. The number of allylic oxidation sites excluding steroid dienone is 1. The van der Waals surface area contributed by atoms with Gasteiger partial charge in [-0.15, -0.1) is 0 Å². The molecule has 0 saturated carbocycles. The first kappa shape index (κ1) is 22.4. The summed E-state index contributed by atoms with van der Waals surface area (Å²) < 4.78 is 2.45. The second kappa shape index (κ2) is 9.57. The molecule has 38 heavy (non-hydrogen) atoms. The molecule has 0 radical (unpaired) electrons. The van der Waals surface area contributed by atoms with Gasteiger partial charge < -0.3 is 9.47 Å². The van der Waals surface area contributed by atoms with Crippen LogP contribution in [0.3, 0.4) is 0 Å². The number of nitrogens with zero attached hydrogens (tertiary/aromatic N) is 2. The Bertz CT molecular complexity index is 1690. The van der Waals surface area contributed by atoms with Crippen molar-refractivity contribution in [3.05, 3.63) is 156 Å². The number of hydrogen-bond acceptors (Lipinski definition) is 1. The van der Waals surface area contributed by atoms with Crippen molar-refractivity contribution in [2.24, 2.45) is 0 Å². The van der Waals surface area contributed by atoms with Gasteiger partial charge in [0.2, 0.25) is 0 Å². The molecule has 1 aromatic heterocycles. The van der Waals surface area contributed by atoms with Crippen molar-refractivity contribution in [1.82, 2.24) is 4.57 Å². The van der Waals surface area contributed by atoms with Crippen LogP contribution in [0, 0.1) is 0 Å². The number of anilines is 3. The predicted molar refractivity (Wildman–Crippen MR) is 161 cm³/mol. The monoisotopic (exact) mass is 488 g/mol. The quantitative estimate of drug-likeness (QED) is 0.234. The van der Waals surface area contributed by atoms with E-state index in [1.807, 2.05) is 0 Å². The van der Waals surface area contributed by atoms with Gasteiger partial charge in [0.05, 0.1) is 11.2 Å². The zero-order chi connectivity index (χ0) is 25.3. The molecule has 6 aromatic rings. The minimum Gasteiger partial charge on any atom is -0.310 e. The number of aryl methyl sites for hydroxylation is 1. The van der Waals surface area contributed by atoms with Crippen molar-refractivity contribution >= 4 is 39.6 Å². The highest BCUT2D eigenvalue weighted by Crippen LogP contribution is 2.42. The lowest BCUT2D eigenvalue weighted by atomic mass is 9.91. The summed E-state index contributed by atoms with van der Waals surface area (Å²) in [6.07, 6.45) is 4.49. The maximum absolute atomic E-state index is 2.45. The highest BCUT2D eigenvalue weighted by molar-refractivity contribution is 5.97. The van der Waals surface area contributed by atoms with Gasteiger partial charge in [-0.25, -0.2) is 0 Å². The van der Waals surface area contributed by atoms with Crippen molar-refractivity contribution in [3.63, 3.8) is 0 Å². The van der Waals surface area contributed by atoms with Crippen LogP contribution in [0.15, 0.2) is 140 Å². The van der Waals surface area contributed by atoms with Crippen LogP contribution in [-0.2, 0) is 6.42 Å². The highest BCUT2D eigenvalue weighted by Gasteiger charge is 2.23. The standard InChI is InChI=1S/C36H28N2/c1-5-13-27(14-6-1)28-21-23-33-34-24-22-32(26-36(34)38(35(33)25-28)31-19-11-4-12-20-31)37(29-15-7-2-8-16-29)30-17-9-3-10-18-30/h1-20,22,24-26H,21,23H2. The van der Waals surface area contributed by atoms with Gasteiger partial charge in [0.25, 0.3) is 0 Å². The Hall–Kier alpha value is -4.82. The maximum atomic E-state index is 2.45. The molecule has 0 spiro atoms. The molecule has 2 heteroatoms. The van der Waals surface area contributed by atoms with E-state index >= 15 is 0 Å². The smallest absolute Gasteiger partial charge is 0.0558 e. The number of benzene rings is 5. The molecule has 7 rings (SSSR count). The van der Waals surface area contributed by atoms with E-state index in [1.54, 1.807) is 0 Å². The maximum Gasteiger partial charge on any atom is 0.0558 e. The summed E-state index contributed by atoms with van der Waals surface area (Å²) in [4.78, 5) is 2.34. The number of fused-ring (bicyclic) bond motifs is 3. The third-order valence-corrected chi connectivity index (χ3v) is 7.50. The third-order valence-electron chi connectivity index (χ3n) is 7.50. The number of para-hydroxylation sites is 3. The van der Waals surface area contributed by atoms with E-state index in [-0.39, 0.29) is 0 Å². The zero-order valence-electron chi connectivity index (χ0n) is 21.2. The van der Waals surface area contributed by atoms with E-state index in [2.05, 4.69) is 155 Å². The molecule has 2 nitrogen and oxygen atoms in total. The van der Waals surface area contributed by atoms with Crippen LogP contribution in [0.5, 0.6) is 0 Å². The second-order valence-electron chi connectivity index (χ2n) is 9.78. The van der Waals surface area contributed by atoms with Crippen molar-refractivity contribution in [3.8, 4) is 5.69 Å². The Labute approximate surface area is 223 Å². The zero-order valence-corrected chi connectivity index (χ0v) is 21.2. The Morgan fingerprint density at radius 1 is 0.526 bits per heavy atom. The normalized spacial score (nSPS) is 12.7. The Morgan fingerprint density at radius 3 is 1.74 bits per heavy atom. The summed E-state index contributed by atoms with van der Waals surface area (Å²) in [5.41, 5.74) is 11.3. The van der Waals surface area contributed by atoms with Crippen LogP contribution in [0.4, 0.5) is 17.1 Å². The molecular formula is C36H28N2. The molecule has 1 aliphatic rings. The van der Waals surface area contributed by atoms with Gasteiger partial charge >= 0.3 is 0 Å². The van der Waals surface area contributed by atoms with E-state index in [4.69, 9.17) is 0 Å². The lowest BCUT2D eigenvalue weighted by molar-refractivity contribution is 0.980. The first-order valence-electron chi connectivity index (χ1n) is 13.3. The molecule has 5 aromatic carbocycles. The molecule has 0 fully saturated rings. The van der Waals surface area contributed by atoms with Gasteiger partial charge in [0.1, 0.15) is 0 Å². The summed E-state index contributed by atoms with van der Waals surface area (Å²) in [5, 5.41) is 1.33. The minimum atomic E-state index is 1.03. The number of rotatable bonds is 5. The van der Waals surface area contributed by atoms with Gasteiger partial charge in [-0.2, -0.15) is 0 Å². The summed E-state index contributed by atoms with van der Waals surface area (Å²) >= 11 is 0. The second-order valence-corrected chi connectivity index (χ2v) is 9.78. The van der Waals surface area contributed by atoms with Crippen molar-refractivity contribution < 1.29 is 0 Å². The molecule has 0 N–H and O–H groups in total. The van der Waals surface area contributed by atoms with Gasteiger partial charge in [0.15, 0.2) is 0 Å². The van der Waals surface area contributed by atoms with E-state index in [0.717, 1.165) is 29.9 Å². The summed E-state index contributed by atoms with van der Waals surface area (Å²) in [7, 11) is 0. The van der Waals surface area contributed by atoms with E-state index < -0.39 is 0 Å². The molecule has 1 heterocycles. The van der Waals surface area contributed by atoms with E-state index in [9.17, 15) is 0 Å². The molecule has 0 amide bonds. The Kier molecular flexibility index (Phi) is 5.64. The van der Waals surface area contributed by atoms with Gasteiger partial charge in [-0.05, 0) is 84.1 Å². The molecule has 0 unspecified atom stereocenters. The molecule has 0 atom stereocenters. The summed E-state index contributed by atoms with van der Waals surface area (Å²) in [5.74, 6) is 0. The fourth-order valence-corrected chi connectivity index (χ4v) is 5.75. The van der Waals surface area contributed by atoms with Gasteiger partial charge in [0, 0.05) is 28.1 Å². The third kappa shape index (κ3) is 3.91. The fraction of sp³-hybridized carbons (Fsp3) is 0.0556. The first-order valence-corrected chi connectivity index (χ1v) is 13.3. The van der Waals surface area contributed by atoms with E-state index in [1.165, 1.54) is 39.0 Å². The van der Waals surface area contributed by atoms with Crippen LogP contribution in [0.1, 0.15) is 23.2 Å². The lowest BCUT2D eigenvalue weighted by Crippen LogP contribution is -2.09. The molecule has 0 saturated heterocycles. The average molecular weight is 489 g/mol. The Morgan fingerprint density at radius 2 is 1.11 bits per heavy atom. The Balaban J connectivity index is 1.47. The van der Waals surface area contributed by atoms with Crippen LogP contribution in [0.25, 0.3) is 28.2 Å². The number of hydrogen-bond donors (Lipinski definition) is 0. The van der Waals surface area contributed by atoms with Gasteiger partial charge in [-0.3, -0.25) is 0 Å². The minimum absolute atomic E-state index is 1.03. The van der Waals surface area contributed by atoms with Crippen LogP contribution >= 0.6 is 0 Å². The average Bonchev–Trinajstić information content (AvgIpc) is 3.32. The fourth-order valence-electron chi connectivity index (χ4n) is 5.75. The largest absolute Gasteiger partial charge is 0.310 e. The van der Waals surface area contributed by atoms with Crippen molar-refractivity contribution in [1.29, 1.82) is 0 Å². The van der Waals surface area contributed by atoms with Crippen molar-refractivity contribution in [2.45, 2.75) is 12.8 Å². The molecule has 1 aliphatic carbocycles. The molecule has 0 bridgehead atoms. The predicted octanol–water partition coefficient (Wildman–Crippen LogP) is 9.59. The van der Waals surface area contributed by atoms with Crippen LogP contribution in [0.2, 0.25) is 0 Å². The topological polar surface area (TPSA) is 8.17 Å².